The van der Waals surface area contributed by atoms with Crippen LogP contribution in [0, 0.1) is 0 Å². The van der Waals surface area contributed by atoms with Crippen molar-refractivity contribution in [2.45, 2.75) is 43.5 Å². The van der Waals surface area contributed by atoms with Crippen LogP contribution in [0.25, 0.3) is 50.0 Å². The molecule has 0 amide bonds. The van der Waals surface area contributed by atoms with Crippen LogP contribution in [0.2, 0.25) is 17.3 Å². The molecule has 0 spiro atoms. The van der Waals surface area contributed by atoms with Gasteiger partial charge in [-0.3, -0.25) is 0 Å². The van der Waals surface area contributed by atoms with Crippen molar-refractivity contribution < 1.29 is 4.42 Å². The van der Waals surface area contributed by atoms with Gasteiger partial charge in [0.1, 0.15) is 0 Å². The minimum atomic E-state index is -1.99. The van der Waals surface area contributed by atoms with Crippen molar-refractivity contribution in [1.82, 2.24) is 14.5 Å². The van der Waals surface area contributed by atoms with Gasteiger partial charge in [0.15, 0.2) is 0 Å². The van der Waals surface area contributed by atoms with E-state index >= 15 is 0 Å². The normalized spacial score (nSPS) is 12.7. The summed E-state index contributed by atoms with van der Waals surface area (Å²) in [5, 5.41) is 2.28. The number of fused-ring (bicyclic) bond motifs is 4. The van der Waals surface area contributed by atoms with Gasteiger partial charge in [-0.1, -0.05) is 0 Å². The van der Waals surface area contributed by atoms with E-state index in [1.807, 2.05) is 12.3 Å². The van der Waals surface area contributed by atoms with E-state index in [1.165, 1.54) is 4.40 Å². The number of benzene rings is 3. The van der Waals surface area contributed by atoms with E-state index in [9.17, 15) is 0 Å². The second-order valence-electron chi connectivity index (χ2n) is 11.6. The molecule has 0 aliphatic carbocycles. The molecule has 0 bridgehead atoms. The maximum absolute atomic E-state index is 6.62. The van der Waals surface area contributed by atoms with E-state index < -0.39 is 13.3 Å². The second-order valence-corrected chi connectivity index (χ2v) is 22.3. The van der Waals surface area contributed by atoms with E-state index in [0.717, 1.165) is 55.7 Å². The average Bonchev–Trinajstić information content (AvgIpc) is 3.41. The second kappa shape index (κ2) is 8.07. The van der Waals surface area contributed by atoms with Gasteiger partial charge in [-0.25, -0.2) is 0 Å². The van der Waals surface area contributed by atoms with Gasteiger partial charge >= 0.3 is 215 Å². The standard InChI is InChI=1S/C31H31GeN3O/c1-31(2,3)29-27-25(17-18-33-29)35(21-11-8-7-9-12-21)30(34-27)24-14-10-13-23-22-16-15-20(32(4,5)6)19-26(22)36-28(23)24/h7-19H,1-6H3. The van der Waals surface area contributed by atoms with Crippen molar-refractivity contribution in [3.05, 3.63) is 84.7 Å². The topological polar surface area (TPSA) is 43.9 Å². The Bertz CT molecular complexity index is 1750. The predicted molar refractivity (Wildman–Crippen MR) is 153 cm³/mol. The Labute approximate surface area is 214 Å². The van der Waals surface area contributed by atoms with Crippen LogP contribution in [-0.4, -0.2) is 27.8 Å². The molecule has 5 heteroatoms. The zero-order valence-corrected chi connectivity index (χ0v) is 23.9. The number of furan rings is 1. The first-order valence-corrected chi connectivity index (χ1v) is 19.9. The molecule has 180 valence electrons. The third-order valence-electron chi connectivity index (χ3n) is 6.90. The molecule has 3 heterocycles. The zero-order valence-electron chi connectivity index (χ0n) is 21.8. The Balaban J connectivity index is 1.70. The van der Waals surface area contributed by atoms with E-state index in [1.54, 1.807) is 0 Å². The fraction of sp³-hybridized carbons (Fsp3) is 0.226. The first-order valence-electron chi connectivity index (χ1n) is 12.5. The molecule has 0 saturated heterocycles. The van der Waals surface area contributed by atoms with Crippen molar-refractivity contribution >= 4 is 50.6 Å². The van der Waals surface area contributed by atoms with Crippen LogP contribution in [0.15, 0.2) is 83.4 Å². The molecule has 0 atom stereocenters. The van der Waals surface area contributed by atoms with Crippen molar-refractivity contribution in [2.24, 2.45) is 0 Å². The summed E-state index contributed by atoms with van der Waals surface area (Å²) in [5.74, 6) is 8.11. The molecule has 0 saturated carbocycles. The Kier molecular flexibility index (Phi) is 5.17. The number of para-hydroxylation sites is 2. The molecule has 0 radical (unpaired) electrons. The predicted octanol–water partition coefficient (Wildman–Crippen LogP) is 7.83. The summed E-state index contributed by atoms with van der Waals surface area (Å²) in [6, 6.07) is 25.7. The van der Waals surface area contributed by atoms with E-state index in [4.69, 9.17) is 14.4 Å². The summed E-state index contributed by atoms with van der Waals surface area (Å²) in [6.45, 7) is 6.56. The van der Waals surface area contributed by atoms with Gasteiger partial charge in [-0.05, 0) is 0 Å². The SMILES string of the molecule is CC(C)(C)c1nccc2c1nc(-c1cccc3c1oc1c[c]([Ge]([CH3])([CH3])[CH3])ccc13)n2-c1ccccc1. The molecule has 6 rings (SSSR count). The van der Waals surface area contributed by atoms with E-state index in [-0.39, 0.29) is 5.41 Å². The van der Waals surface area contributed by atoms with Gasteiger partial charge in [0.2, 0.25) is 0 Å². The molecule has 0 aliphatic heterocycles. The van der Waals surface area contributed by atoms with Crippen LogP contribution in [0.4, 0.5) is 0 Å². The molecule has 0 N–H and O–H groups in total. The van der Waals surface area contributed by atoms with Crippen LogP contribution < -0.4 is 4.40 Å². The summed E-state index contributed by atoms with van der Waals surface area (Å²) in [4.78, 5) is 10.0. The molecule has 0 aliphatic rings. The summed E-state index contributed by atoms with van der Waals surface area (Å²) < 4.78 is 10.3. The van der Waals surface area contributed by atoms with Gasteiger partial charge in [0.25, 0.3) is 0 Å². The van der Waals surface area contributed by atoms with Crippen LogP contribution >= 0.6 is 0 Å². The van der Waals surface area contributed by atoms with Crippen LogP contribution in [-0.2, 0) is 5.41 Å². The fourth-order valence-corrected chi connectivity index (χ4v) is 7.42. The van der Waals surface area contributed by atoms with Crippen molar-refractivity contribution in [3.63, 3.8) is 0 Å². The third-order valence-corrected chi connectivity index (χ3v) is 11.2. The van der Waals surface area contributed by atoms with Gasteiger partial charge in [-0.15, -0.1) is 0 Å². The molecule has 3 aromatic carbocycles. The molecule has 6 aromatic rings. The number of pyridine rings is 1. The Hall–Kier alpha value is -3.38. The van der Waals surface area contributed by atoms with Gasteiger partial charge in [-0.2, -0.15) is 0 Å². The molecule has 0 unspecified atom stereocenters. The van der Waals surface area contributed by atoms with Crippen molar-refractivity contribution in [3.8, 4) is 17.1 Å². The summed E-state index contributed by atoms with van der Waals surface area (Å²) in [6.07, 6.45) is 1.90. The minimum absolute atomic E-state index is 0.132. The summed E-state index contributed by atoms with van der Waals surface area (Å²) in [5.41, 5.74) is 6.73. The summed E-state index contributed by atoms with van der Waals surface area (Å²) >= 11 is -1.99. The molecular formula is C31H31GeN3O. The maximum atomic E-state index is 6.62. The number of imidazole rings is 1. The molecule has 36 heavy (non-hydrogen) atoms. The van der Waals surface area contributed by atoms with Crippen molar-refractivity contribution in [2.75, 3.05) is 0 Å². The van der Waals surface area contributed by atoms with Crippen molar-refractivity contribution in [1.29, 1.82) is 0 Å². The quantitative estimate of drug-likeness (QED) is 0.218. The fourth-order valence-electron chi connectivity index (χ4n) is 5.01. The number of hydrogen-bond donors (Lipinski definition) is 0. The van der Waals surface area contributed by atoms with E-state index in [0.29, 0.717) is 0 Å². The van der Waals surface area contributed by atoms with Gasteiger partial charge in [0.05, 0.1) is 0 Å². The number of hydrogen-bond acceptors (Lipinski definition) is 3. The van der Waals surface area contributed by atoms with E-state index in [2.05, 4.69) is 109 Å². The number of rotatable bonds is 3. The monoisotopic (exact) mass is 535 g/mol. The Morgan fingerprint density at radius 3 is 2.33 bits per heavy atom. The van der Waals surface area contributed by atoms with Crippen LogP contribution in [0.1, 0.15) is 26.5 Å². The molecule has 3 aromatic heterocycles. The number of aromatic nitrogens is 3. The third kappa shape index (κ3) is 3.67. The zero-order chi connectivity index (χ0) is 25.2. The number of nitrogens with zero attached hydrogens (tertiary/aromatic N) is 3. The van der Waals surface area contributed by atoms with Crippen LogP contribution in [0.3, 0.4) is 0 Å². The van der Waals surface area contributed by atoms with Gasteiger partial charge < -0.3 is 0 Å². The molecule has 0 fully saturated rings. The summed E-state index contributed by atoms with van der Waals surface area (Å²) in [7, 11) is 0. The first kappa shape index (κ1) is 23.0. The van der Waals surface area contributed by atoms with Gasteiger partial charge in [0, 0.05) is 0 Å². The Morgan fingerprint density at radius 2 is 1.61 bits per heavy atom. The Morgan fingerprint density at radius 1 is 0.833 bits per heavy atom. The molecule has 4 nitrogen and oxygen atoms in total. The first-order chi connectivity index (χ1) is 17.1. The average molecular weight is 534 g/mol. The van der Waals surface area contributed by atoms with Crippen LogP contribution in [0.5, 0.6) is 0 Å². The molecular weight excluding hydrogens is 503 g/mol.